The van der Waals surface area contributed by atoms with Crippen LogP contribution in [0.5, 0.6) is 0 Å². The van der Waals surface area contributed by atoms with E-state index in [0.717, 1.165) is 49.9 Å². The van der Waals surface area contributed by atoms with Crippen molar-refractivity contribution in [2.24, 2.45) is 0 Å². The third-order valence-electron chi connectivity index (χ3n) is 6.28. The van der Waals surface area contributed by atoms with Crippen molar-refractivity contribution in [3.05, 3.63) is 24.3 Å². The molecular formula is C26H39N3O4. The van der Waals surface area contributed by atoms with Crippen molar-refractivity contribution in [1.29, 1.82) is 0 Å². The van der Waals surface area contributed by atoms with Gasteiger partial charge in [0, 0.05) is 19.0 Å². The number of rotatable bonds is 7. The van der Waals surface area contributed by atoms with E-state index in [0.29, 0.717) is 19.0 Å². The summed E-state index contributed by atoms with van der Waals surface area (Å²) < 4.78 is 5.45. The average Bonchev–Trinajstić information content (AvgIpc) is 2.88. The van der Waals surface area contributed by atoms with E-state index >= 15 is 0 Å². The summed E-state index contributed by atoms with van der Waals surface area (Å²) in [7, 11) is 0. The van der Waals surface area contributed by atoms with Crippen LogP contribution in [0.15, 0.2) is 24.3 Å². The summed E-state index contributed by atoms with van der Waals surface area (Å²) >= 11 is 0. The zero-order chi connectivity index (χ0) is 24.0. The normalized spacial score (nSPS) is 19.6. The number of nitrogens with one attached hydrogen (secondary N) is 1. The Hall–Kier alpha value is -2.57. The first kappa shape index (κ1) is 25.1. The standard InChI is InChI=1S/C26H39N3O4/c1-5-6-14-20(30)17-29-23-16-11-10-15-22(23)28(19-12-8-7-9-13-19)18-21(24(29)31)27-25(32)33-26(2,3)4/h10-11,15-16,19,21H,5-9,12-14,17-18H2,1-4H3,(H,27,32). The van der Waals surface area contributed by atoms with E-state index in [2.05, 4.69) is 10.2 Å². The fraction of sp³-hybridized carbons (Fsp3) is 0.654. The number of alkyl carbamates (subject to hydrolysis) is 1. The van der Waals surface area contributed by atoms with Crippen LogP contribution < -0.4 is 15.1 Å². The Balaban J connectivity index is 1.95. The fourth-order valence-electron chi connectivity index (χ4n) is 4.70. The van der Waals surface area contributed by atoms with Crippen molar-refractivity contribution >= 4 is 29.2 Å². The molecular weight excluding hydrogens is 418 g/mol. The van der Waals surface area contributed by atoms with Gasteiger partial charge in [0.25, 0.3) is 5.91 Å². The van der Waals surface area contributed by atoms with E-state index in [4.69, 9.17) is 4.74 Å². The third-order valence-corrected chi connectivity index (χ3v) is 6.28. The SMILES string of the molecule is CCCCC(=O)CN1C(=O)C(NC(=O)OC(C)(C)C)CN(C2CCCCC2)c2ccccc21. The van der Waals surface area contributed by atoms with Gasteiger partial charge in [0.2, 0.25) is 0 Å². The summed E-state index contributed by atoms with van der Waals surface area (Å²) in [5.41, 5.74) is 1.03. The molecule has 1 atom stereocenters. The first-order chi connectivity index (χ1) is 15.7. The number of para-hydroxylation sites is 2. The lowest BCUT2D eigenvalue weighted by molar-refractivity contribution is -0.123. The second kappa shape index (κ2) is 11.0. The number of carbonyl (C=O) groups is 3. The van der Waals surface area contributed by atoms with Gasteiger partial charge in [-0.2, -0.15) is 0 Å². The van der Waals surface area contributed by atoms with E-state index in [-0.39, 0.29) is 18.2 Å². The molecule has 0 saturated heterocycles. The van der Waals surface area contributed by atoms with Crippen molar-refractivity contribution in [3.8, 4) is 0 Å². The number of carbonyl (C=O) groups excluding carboxylic acids is 3. The van der Waals surface area contributed by atoms with Gasteiger partial charge < -0.3 is 19.9 Å². The molecule has 1 fully saturated rings. The Labute approximate surface area is 197 Å². The molecule has 1 aliphatic carbocycles. The Morgan fingerprint density at radius 2 is 1.76 bits per heavy atom. The first-order valence-electron chi connectivity index (χ1n) is 12.4. The van der Waals surface area contributed by atoms with Crippen molar-refractivity contribution in [3.63, 3.8) is 0 Å². The number of benzene rings is 1. The number of Topliss-reactive ketones (excluding diaryl/α,β-unsaturated/α-hetero) is 1. The van der Waals surface area contributed by atoms with Crippen LogP contribution in [0, 0.1) is 0 Å². The van der Waals surface area contributed by atoms with E-state index in [9.17, 15) is 14.4 Å². The van der Waals surface area contributed by atoms with E-state index in [1.54, 1.807) is 25.7 Å². The van der Waals surface area contributed by atoms with Gasteiger partial charge in [-0.05, 0) is 52.2 Å². The molecule has 2 amide bonds. The van der Waals surface area contributed by atoms with Crippen LogP contribution in [-0.4, -0.2) is 48.6 Å². The Morgan fingerprint density at radius 3 is 2.39 bits per heavy atom. The Kier molecular flexibility index (Phi) is 8.38. The molecule has 1 N–H and O–H groups in total. The highest BCUT2D eigenvalue weighted by atomic mass is 16.6. The van der Waals surface area contributed by atoms with Crippen LogP contribution in [0.4, 0.5) is 16.2 Å². The number of hydrogen-bond donors (Lipinski definition) is 1. The molecule has 0 aromatic heterocycles. The average molecular weight is 458 g/mol. The molecule has 0 radical (unpaired) electrons. The minimum absolute atomic E-state index is 0.0147. The van der Waals surface area contributed by atoms with Gasteiger partial charge in [0.05, 0.1) is 17.9 Å². The molecule has 2 aliphatic rings. The lowest BCUT2D eigenvalue weighted by atomic mass is 9.93. The summed E-state index contributed by atoms with van der Waals surface area (Å²) in [5, 5.41) is 2.81. The predicted molar refractivity (Wildman–Crippen MR) is 131 cm³/mol. The minimum atomic E-state index is -0.798. The minimum Gasteiger partial charge on any atom is -0.444 e. The maximum absolute atomic E-state index is 13.7. The zero-order valence-electron chi connectivity index (χ0n) is 20.6. The molecule has 1 aliphatic heterocycles. The maximum Gasteiger partial charge on any atom is 0.408 e. The molecule has 182 valence electrons. The van der Waals surface area contributed by atoms with Gasteiger partial charge in [0.15, 0.2) is 5.78 Å². The smallest absolute Gasteiger partial charge is 0.408 e. The van der Waals surface area contributed by atoms with Crippen LogP contribution in [0.3, 0.4) is 0 Å². The van der Waals surface area contributed by atoms with E-state index in [1.807, 2.05) is 31.2 Å². The number of unbranched alkanes of at least 4 members (excludes halogenated alkanes) is 1. The molecule has 1 unspecified atom stereocenters. The van der Waals surface area contributed by atoms with Crippen molar-refractivity contribution in [2.45, 2.75) is 96.7 Å². The van der Waals surface area contributed by atoms with Gasteiger partial charge in [-0.25, -0.2) is 4.79 Å². The van der Waals surface area contributed by atoms with Crippen LogP contribution in [0.25, 0.3) is 0 Å². The summed E-state index contributed by atoms with van der Waals surface area (Å²) in [6.07, 6.45) is 7.19. The number of hydrogen-bond acceptors (Lipinski definition) is 5. The van der Waals surface area contributed by atoms with Crippen molar-refractivity contribution in [1.82, 2.24) is 5.32 Å². The summed E-state index contributed by atoms with van der Waals surface area (Å²) in [5.74, 6) is -0.237. The van der Waals surface area contributed by atoms with Gasteiger partial charge in [-0.1, -0.05) is 44.7 Å². The largest absolute Gasteiger partial charge is 0.444 e. The fourth-order valence-corrected chi connectivity index (χ4v) is 4.70. The Bertz CT molecular complexity index is 842. The van der Waals surface area contributed by atoms with Crippen molar-refractivity contribution in [2.75, 3.05) is 22.9 Å². The molecule has 1 aromatic carbocycles. The van der Waals surface area contributed by atoms with Crippen LogP contribution in [0.1, 0.15) is 79.1 Å². The molecule has 1 saturated carbocycles. The summed E-state index contributed by atoms with van der Waals surface area (Å²) in [6, 6.07) is 7.30. The predicted octanol–water partition coefficient (Wildman–Crippen LogP) is 4.82. The van der Waals surface area contributed by atoms with E-state index in [1.165, 1.54) is 6.42 Å². The lowest BCUT2D eigenvalue weighted by Crippen LogP contribution is -2.55. The summed E-state index contributed by atoms with van der Waals surface area (Å²) in [6.45, 7) is 7.81. The number of anilines is 2. The molecule has 7 heteroatoms. The second-order valence-electron chi connectivity index (χ2n) is 10.2. The molecule has 33 heavy (non-hydrogen) atoms. The number of ether oxygens (including phenoxy) is 1. The molecule has 0 bridgehead atoms. The van der Waals surface area contributed by atoms with Gasteiger partial charge in [-0.3, -0.25) is 9.59 Å². The molecule has 1 heterocycles. The van der Waals surface area contributed by atoms with E-state index < -0.39 is 17.7 Å². The highest BCUT2D eigenvalue weighted by molar-refractivity contribution is 6.06. The van der Waals surface area contributed by atoms with Crippen LogP contribution in [0.2, 0.25) is 0 Å². The van der Waals surface area contributed by atoms with Gasteiger partial charge >= 0.3 is 6.09 Å². The summed E-state index contributed by atoms with van der Waals surface area (Å²) in [4.78, 5) is 42.9. The lowest BCUT2D eigenvalue weighted by Gasteiger charge is -2.37. The monoisotopic (exact) mass is 457 g/mol. The number of amides is 2. The maximum atomic E-state index is 13.7. The topological polar surface area (TPSA) is 79.0 Å². The molecule has 3 rings (SSSR count). The molecule has 7 nitrogen and oxygen atoms in total. The number of fused-ring (bicyclic) bond motifs is 1. The molecule has 1 aromatic rings. The van der Waals surface area contributed by atoms with Crippen LogP contribution >= 0.6 is 0 Å². The number of nitrogens with zero attached hydrogens (tertiary/aromatic N) is 2. The van der Waals surface area contributed by atoms with Gasteiger partial charge in [0.1, 0.15) is 11.6 Å². The molecule has 0 spiro atoms. The van der Waals surface area contributed by atoms with Crippen molar-refractivity contribution < 1.29 is 19.1 Å². The number of ketones is 1. The quantitative estimate of drug-likeness (QED) is 0.635. The zero-order valence-corrected chi connectivity index (χ0v) is 20.6. The highest BCUT2D eigenvalue weighted by Crippen LogP contribution is 2.37. The highest BCUT2D eigenvalue weighted by Gasteiger charge is 2.38. The second-order valence-corrected chi connectivity index (χ2v) is 10.2. The Morgan fingerprint density at radius 1 is 1.09 bits per heavy atom. The first-order valence-corrected chi connectivity index (χ1v) is 12.4. The van der Waals surface area contributed by atoms with Gasteiger partial charge in [-0.15, -0.1) is 0 Å². The van der Waals surface area contributed by atoms with Crippen LogP contribution in [-0.2, 0) is 14.3 Å². The third kappa shape index (κ3) is 6.71.